The lowest BCUT2D eigenvalue weighted by Crippen LogP contribution is -2.49. The topological polar surface area (TPSA) is 169 Å². The SMILES string of the molecule is CC(C)C(OCC12CC3CC(CC(C3)C1)C2)OC(=O)C1C2CC3C(OC(=O)C31)C2OC(=O)CCC(=O)OC(C)C(F)(F)S(=O)(=O)O. The summed E-state index contributed by atoms with van der Waals surface area (Å²) in [5, 5.41) is -4.74. The third-order valence-electron chi connectivity index (χ3n) is 11.2. The van der Waals surface area contributed by atoms with Crippen LogP contribution >= 0.6 is 0 Å². The Morgan fingerprint density at radius 1 is 0.957 bits per heavy atom. The molecule has 8 unspecified atom stereocenters. The third kappa shape index (κ3) is 6.04. The van der Waals surface area contributed by atoms with Gasteiger partial charge in [-0.2, -0.15) is 17.2 Å². The van der Waals surface area contributed by atoms with Crippen molar-refractivity contribution in [2.75, 3.05) is 6.61 Å². The molecule has 0 aromatic carbocycles. The molecule has 1 aliphatic heterocycles. The van der Waals surface area contributed by atoms with Crippen LogP contribution in [0.2, 0.25) is 0 Å². The van der Waals surface area contributed by atoms with Gasteiger partial charge in [0.05, 0.1) is 31.3 Å². The summed E-state index contributed by atoms with van der Waals surface area (Å²) in [7, 11) is -5.84. The fourth-order valence-corrected chi connectivity index (χ4v) is 10.2. The van der Waals surface area contributed by atoms with E-state index < -0.39 is 94.4 Å². The highest BCUT2D eigenvalue weighted by Crippen LogP contribution is 2.61. The van der Waals surface area contributed by atoms with Crippen LogP contribution in [0.4, 0.5) is 8.78 Å². The number of ether oxygens (including phenoxy) is 5. The minimum absolute atomic E-state index is 0.115. The second kappa shape index (κ2) is 11.9. The van der Waals surface area contributed by atoms with Crippen LogP contribution in [0.1, 0.15) is 78.6 Å². The van der Waals surface area contributed by atoms with E-state index in [1.54, 1.807) is 0 Å². The zero-order valence-corrected chi connectivity index (χ0v) is 26.9. The standard InChI is InChI=1S/C31H42F2O12S/c1-14(2)29(41-13-30-10-16-6-17(11-30)8-18(7-16)12-30)45-28(37)24-19-9-20-23(24)27(36)44-26(20)25(19)43-22(35)5-4-21(34)42-15(3)31(32,33)46(38,39)40/h14-20,23-26,29H,4-13H2,1-3H3,(H,38,39,40). The van der Waals surface area contributed by atoms with Crippen LogP contribution in [0.5, 0.6) is 0 Å². The van der Waals surface area contributed by atoms with Crippen molar-refractivity contribution >= 4 is 34.0 Å². The van der Waals surface area contributed by atoms with Crippen molar-refractivity contribution in [2.24, 2.45) is 52.8 Å². The minimum atomic E-state index is -5.84. The van der Waals surface area contributed by atoms with E-state index in [1.807, 2.05) is 13.8 Å². The van der Waals surface area contributed by atoms with Gasteiger partial charge in [0.1, 0.15) is 12.2 Å². The summed E-state index contributed by atoms with van der Waals surface area (Å²) in [5.41, 5.74) is 0.115. The van der Waals surface area contributed by atoms with Gasteiger partial charge in [0.2, 0.25) is 6.29 Å². The van der Waals surface area contributed by atoms with Crippen molar-refractivity contribution < 1.29 is 64.6 Å². The van der Waals surface area contributed by atoms with E-state index in [1.165, 1.54) is 19.3 Å². The summed E-state index contributed by atoms with van der Waals surface area (Å²) in [6, 6.07) is 0. The van der Waals surface area contributed by atoms with Crippen molar-refractivity contribution in [1.29, 1.82) is 0 Å². The average Bonchev–Trinajstić information content (AvgIpc) is 3.56. The van der Waals surface area contributed by atoms with Crippen molar-refractivity contribution in [3.63, 3.8) is 0 Å². The van der Waals surface area contributed by atoms with E-state index in [2.05, 4.69) is 4.74 Å². The molecule has 15 heteroatoms. The maximum absolute atomic E-state index is 13.7. The first-order chi connectivity index (χ1) is 21.5. The number of alkyl halides is 2. The van der Waals surface area contributed by atoms with Crippen molar-refractivity contribution in [1.82, 2.24) is 0 Å². The molecule has 0 amide bonds. The summed E-state index contributed by atoms with van der Waals surface area (Å²) in [6.07, 6.45) is 1.33. The van der Waals surface area contributed by atoms with Crippen LogP contribution in [-0.4, -0.2) is 73.3 Å². The summed E-state index contributed by atoms with van der Waals surface area (Å²) in [4.78, 5) is 51.2. The smallest absolute Gasteiger partial charge is 0.405 e. The van der Waals surface area contributed by atoms with Crippen LogP contribution in [0.15, 0.2) is 0 Å². The number of hydrogen-bond acceptors (Lipinski definition) is 11. The van der Waals surface area contributed by atoms with E-state index in [0.717, 1.165) is 37.0 Å². The van der Waals surface area contributed by atoms with Gasteiger partial charge < -0.3 is 23.7 Å². The molecule has 1 saturated heterocycles. The van der Waals surface area contributed by atoms with Crippen LogP contribution in [0.3, 0.4) is 0 Å². The molecule has 6 aliphatic carbocycles. The number of halogens is 2. The van der Waals surface area contributed by atoms with Gasteiger partial charge in [0, 0.05) is 17.8 Å². The van der Waals surface area contributed by atoms with Gasteiger partial charge in [-0.1, -0.05) is 13.8 Å². The molecule has 12 nitrogen and oxygen atoms in total. The summed E-state index contributed by atoms with van der Waals surface area (Å²) in [5.74, 6) is -3.89. The average molecular weight is 677 g/mol. The zero-order chi connectivity index (χ0) is 33.3. The molecule has 0 spiro atoms. The summed E-state index contributed by atoms with van der Waals surface area (Å²) >= 11 is 0. The Labute approximate surface area is 266 Å². The van der Waals surface area contributed by atoms with E-state index >= 15 is 0 Å². The predicted molar refractivity (Wildman–Crippen MR) is 151 cm³/mol. The van der Waals surface area contributed by atoms with Crippen molar-refractivity contribution in [2.45, 2.75) is 108 Å². The first-order valence-electron chi connectivity index (χ1n) is 16.2. The zero-order valence-electron chi connectivity index (χ0n) is 26.1. The molecule has 7 fully saturated rings. The van der Waals surface area contributed by atoms with Crippen LogP contribution < -0.4 is 0 Å². The Balaban J connectivity index is 1.05. The highest BCUT2D eigenvalue weighted by molar-refractivity contribution is 7.86. The van der Waals surface area contributed by atoms with E-state index in [9.17, 15) is 36.4 Å². The van der Waals surface area contributed by atoms with Crippen molar-refractivity contribution in [3.05, 3.63) is 0 Å². The minimum Gasteiger partial charge on any atom is -0.458 e. The lowest BCUT2D eigenvalue weighted by Gasteiger charge is -2.56. The molecule has 8 atom stereocenters. The van der Waals surface area contributed by atoms with E-state index in [4.69, 9.17) is 23.5 Å². The quantitative estimate of drug-likeness (QED) is 0.130. The van der Waals surface area contributed by atoms with Gasteiger partial charge in [-0.05, 0) is 75.0 Å². The maximum Gasteiger partial charge on any atom is 0.405 e. The third-order valence-corrected chi connectivity index (χ3v) is 12.3. The van der Waals surface area contributed by atoms with Gasteiger partial charge in [0.15, 0.2) is 6.10 Å². The monoisotopic (exact) mass is 676 g/mol. The molecule has 7 rings (SSSR count). The Hall–Kier alpha value is -2.39. The van der Waals surface area contributed by atoms with Gasteiger partial charge >= 0.3 is 39.2 Å². The van der Waals surface area contributed by atoms with Crippen molar-refractivity contribution in [3.8, 4) is 0 Å². The number of rotatable bonds is 13. The highest BCUT2D eigenvalue weighted by Gasteiger charge is 2.70. The Morgan fingerprint density at radius 3 is 2.11 bits per heavy atom. The molecule has 7 aliphatic rings. The summed E-state index contributed by atoms with van der Waals surface area (Å²) < 4.78 is 85.5. The normalized spacial score (nSPS) is 38.5. The van der Waals surface area contributed by atoms with Gasteiger partial charge in [-0.15, -0.1) is 0 Å². The highest BCUT2D eigenvalue weighted by atomic mass is 32.2. The predicted octanol–water partition coefficient (Wildman–Crippen LogP) is 3.66. The number of esters is 4. The lowest BCUT2D eigenvalue weighted by molar-refractivity contribution is -0.214. The number of carbonyl (C=O) groups excluding carboxylic acids is 4. The molecular weight excluding hydrogens is 634 g/mol. The van der Waals surface area contributed by atoms with Gasteiger partial charge in [0.25, 0.3) is 0 Å². The van der Waals surface area contributed by atoms with Crippen LogP contribution in [0.25, 0.3) is 0 Å². The molecule has 0 aromatic heterocycles. The second-order valence-electron chi connectivity index (χ2n) is 14.9. The number of hydrogen-bond donors (Lipinski definition) is 1. The number of carbonyl (C=O) groups is 4. The molecular formula is C31H42F2O12S. The molecule has 1 N–H and O–H groups in total. The van der Waals surface area contributed by atoms with Crippen LogP contribution in [-0.2, 0) is 53.0 Å². The molecule has 0 radical (unpaired) electrons. The lowest BCUT2D eigenvalue weighted by atomic mass is 9.50. The van der Waals surface area contributed by atoms with Gasteiger partial charge in [-0.25, -0.2) is 0 Å². The number of fused-ring (bicyclic) bond motifs is 1. The first kappa shape index (κ1) is 33.5. The fourth-order valence-electron chi connectivity index (χ4n) is 9.70. The maximum atomic E-state index is 13.7. The van der Waals surface area contributed by atoms with Crippen LogP contribution in [0, 0.1) is 52.8 Å². The molecule has 1 heterocycles. The molecule has 0 aromatic rings. The Morgan fingerprint density at radius 2 is 1.54 bits per heavy atom. The molecule has 6 bridgehead atoms. The fraction of sp³-hybridized carbons (Fsp3) is 0.871. The molecule has 6 saturated carbocycles. The Bertz CT molecular complexity index is 1330. The van der Waals surface area contributed by atoms with E-state index in [0.29, 0.717) is 20.0 Å². The van der Waals surface area contributed by atoms with E-state index in [-0.39, 0.29) is 17.3 Å². The molecule has 258 valence electrons. The first-order valence-corrected chi connectivity index (χ1v) is 17.7. The second-order valence-corrected chi connectivity index (χ2v) is 16.4. The Kier molecular flexibility index (Phi) is 8.70. The summed E-state index contributed by atoms with van der Waals surface area (Å²) in [6.45, 7) is 4.91. The van der Waals surface area contributed by atoms with Gasteiger partial charge in [-0.3, -0.25) is 23.7 Å². The molecule has 46 heavy (non-hydrogen) atoms. The largest absolute Gasteiger partial charge is 0.458 e.